The molecule has 0 bridgehead atoms. The number of nitrogens with one attached hydrogen (secondary N) is 2. The van der Waals surface area contributed by atoms with Crippen LogP contribution < -0.4 is 5.32 Å². The molecule has 0 spiro atoms. The van der Waals surface area contributed by atoms with E-state index in [1.54, 1.807) is 12.4 Å². The second-order valence-electron chi connectivity index (χ2n) is 4.63. The molecule has 0 saturated carbocycles. The number of carbonyl (C=O) groups excluding carboxylic acids is 1. The van der Waals surface area contributed by atoms with Crippen molar-refractivity contribution in [2.24, 2.45) is 0 Å². The number of imidazole rings is 1. The Labute approximate surface area is 116 Å². The minimum absolute atomic E-state index is 0.0579. The van der Waals surface area contributed by atoms with Crippen LogP contribution in [0.4, 0.5) is 0 Å². The number of hydrogen-bond acceptors (Lipinski definition) is 2. The molecule has 0 unspecified atom stereocenters. The Kier molecular flexibility index (Phi) is 3.46. The predicted molar refractivity (Wildman–Crippen MR) is 78.6 cm³/mol. The van der Waals surface area contributed by atoms with Crippen molar-refractivity contribution < 1.29 is 4.79 Å². The third kappa shape index (κ3) is 2.69. The van der Waals surface area contributed by atoms with Gasteiger partial charge in [-0.15, -0.1) is 0 Å². The monoisotopic (exact) mass is 265 g/mol. The van der Waals surface area contributed by atoms with Crippen LogP contribution >= 0.6 is 0 Å². The molecule has 0 atom stereocenters. The van der Waals surface area contributed by atoms with E-state index in [1.165, 1.54) is 5.56 Å². The predicted octanol–water partition coefficient (Wildman–Crippen LogP) is 2.54. The zero-order chi connectivity index (χ0) is 13.8. The molecule has 1 heterocycles. The molecule has 3 aromatic rings. The molecule has 0 aliphatic rings. The molecule has 4 heteroatoms. The number of aromatic nitrogens is 2. The van der Waals surface area contributed by atoms with E-state index in [-0.39, 0.29) is 5.91 Å². The molecule has 4 nitrogen and oxygen atoms in total. The average molecular weight is 265 g/mol. The van der Waals surface area contributed by atoms with Gasteiger partial charge in [0.25, 0.3) is 5.91 Å². The van der Waals surface area contributed by atoms with Gasteiger partial charge < -0.3 is 10.3 Å². The van der Waals surface area contributed by atoms with E-state index in [1.807, 2.05) is 30.3 Å². The van der Waals surface area contributed by atoms with E-state index in [0.29, 0.717) is 12.1 Å². The van der Waals surface area contributed by atoms with Gasteiger partial charge in [0.1, 0.15) is 0 Å². The number of rotatable bonds is 4. The molecule has 3 rings (SSSR count). The van der Waals surface area contributed by atoms with Crippen molar-refractivity contribution in [2.75, 3.05) is 6.54 Å². The molecule has 0 fully saturated rings. The molecule has 0 radical (unpaired) electrons. The van der Waals surface area contributed by atoms with E-state index in [2.05, 4.69) is 27.4 Å². The quantitative estimate of drug-likeness (QED) is 0.761. The lowest BCUT2D eigenvalue weighted by Gasteiger charge is -2.05. The molecule has 2 aromatic carbocycles. The zero-order valence-corrected chi connectivity index (χ0v) is 11.0. The maximum atomic E-state index is 12.1. The Morgan fingerprint density at radius 3 is 2.85 bits per heavy atom. The minimum atomic E-state index is -0.0579. The average Bonchev–Trinajstić information content (AvgIpc) is 2.95. The SMILES string of the molecule is O=C(NCCc1ccccc1)c1ccc2nc[nH]c2c1. The van der Waals surface area contributed by atoms with E-state index in [9.17, 15) is 4.79 Å². The Hall–Kier alpha value is -2.62. The van der Waals surface area contributed by atoms with Crippen LogP contribution in [-0.2, 0) is 6.42 Å². The summed E-state index contributed by atoms with van der Waals surface area (Å²) in [6, 6.07) is 15.6. The third-order valence-electron chi connectivity index (χ3n) is 3.22. The van der Waals surface area contributed by atoms with Crippen molar-refractivity contribution in [1.29, 1.82) is 0 Å². The maximum absolute atomic E-state index is 12.1. The van der Waals surface area contributed by atoms with Crippen molar-refractivity contribution in [1.82, 2.24) is 15.3 Å². The Bertz CT molecular complexity index is 719. The number of H-pyrrole nitrogens is 1. The van der Waals surface area contributed by atoms with Crippen LogP contribution in [0.25, 0.3) is 11.0 Å². The molecule has 1 amide bonds. The van der Waals surface area contributed by atoms with Crippen LogP contribution in [-0.4, -0.2) is 22.4 Å². The fraction of sp³-hybridized carbons (Fsp3) is 0.125. The van der Waals surface area contributed by atoms with Crippen LogP contribution in [0.2, 0.25) is 0 Å². The summed E-state index contributed by atoms with van der Waals surface area (Å²) < 4.78 is 0. The third-order valence-corrected chi connectivity index (χ3v) is 3.22. The standard InChI is InChI=1S/C16H15N3O/c20-16(17-9-8-12-4-2-1-3-5-12)13-6-7-14-15(10-13)19-11-18-14/h1-7,10-11H,8-9H2,(H,17,20)(H,18,19). The topological polar surface area (TPSA) is 57.8 Å². The highest BCUT2D eigenvalue weighted by molar-refractivity contribution is 5.97. The Balaban J connectivity index is 1.61. The lowest BCUT2D eigenvalue weighted by Crippen LogP contribution is -2.25. The number of nitrogens with zero attached hydrogens (tertiary/aromatic N) is 1. The first-order valence-electron chi connectivity index (χ1n) is 6.58. The van der Waals surface area contributed by atoms with Crippen molar-refractivity contribution in [3.8, 4) is 0 Å². The molecule has 2 N–H and O–H groups in total. The van der Waals surface area contributed by atoms with E-state index in [4.69, 9.17) is 0 Å². The molecule has 0 saturated heterocycles. The van der Waals surface area contributed by atoms with Gasteiger partial charge in [0.2, 0.25) is 0 Å². The second kappa shape index (κ2) is 5.57. The Morgan fingerprint density at radius 1 is 1.15 bits per heavy atom. The number of benzene rings is 2. The number of fused-ring (bicyclic) bond motifs is 1. The van der Waals surface area contributed by atoms with Crippen molar-refractivity contribution in [2.45, 2.75) is 6.42 Å². The summed E-state index contributed by atoms with van der Waals surface area (Å²) in [7, 11) is 0. The number of carbonyl (C=O) groups is 1. The highest BCUT2D eigenvalue weighted by atomic mass is 16.1. The van der Waals surface area contributed by atoms with E-state index >= 15 is 0 Å². The van der Waals surface area contributed by atoms with Crippen molar-refractivity contribution >= 4 is 16.9 Å². The van der Waals surface area contributed by atoms with Gasteiger partial charge in [-0.1, -0.05) is 30.3 Å². The summed E-state index contributed by atoms with van der Waals surface area (Å²) >= 11 is 0. The van der Waals surface area contributed by atoms with Crippen LogP contribution in [0.15, 0.2) is 54.9 Å². The maximum Gasteiger partial charge on any atom is 0.251 e. The van der Waals surface area contributed by atoms with Gasteiger partial charge in [-0.25, -0.2) is 4.98 Å². The summed E-state index contributed by atoms with van der Waals surface area (Å²) in [6.45, 7) is 0.629. The lowest BCUT2D eigenvalue weighted by molar-refractivity contribution is 0.0954. The van der Waals surface area contributed by atoms with Crippen LogP contribution in [0.5, 0.6) is 0 Å². The van der Waals surface area contributed by atoms with Gasteiger partial charge in [0.15, 0.2) is 0 Å². The fourth-order valence-corrected chi connectivity index (χ4v) is 2.14. The van der Waals surface area contributed by atoms with Gasteiger partial charge in [0, 0.05) is 12.1 Å². The van der Waals surface area contributed by atoms with E-state index in [0.717, 1.165) is 17.5 Å². The van der Waals surface area contributed by atoms with Crippen molar-refractivity contribution in [3.05, 3.63) is 66.0 Å². The molecular weight excluding hydrogens is 250 g/mol. The number of aromatic amines is 1. The highest BCUT2D eigenvalue weighted by Crippen LogP contribution is 2.11. The second-order valence-corrected chi connectivity index (χ2v) is 4.63. The number of hydrogen-bond donors (Lipinski definition) is 2. The molecular formula is C16H15N3O. The minimum Gasteiger partial charge on any atom is -0.352 e. The van der Waals surface area contributed by atoms with E-state index < -0.39 is 0 Å². The van der Waals surface area contributed by atoms with Crippen molar-refractivity contribution in [3.63, 3.8) is 0 Å². The molecule has 20 heavy (non-hydrogen) atoms. The number of amides is 1. The van der Waals surface area contributed by atoms with Crippen LogP contribution in [0.3, 0.4) is 0 Å². The first-order valence-corrected chi connectivity index (χ1v) is 6.58. The van der Waals surface area contributed by atoms with Gasteiger partial charge in [-0.2, -0.15) is 0 Å². The summed E-state index contributed by atoms with van der Waals surface area (Å²) in [5.41, 5.74) is 3.61. The first-order chi connectivity index (χ1) is 9.83. The fourth-order valence-electron chi connectivity index (χ4n) is 2.14. The summed E-state index contributed by atoms with van der Waals surface area (Å²) in [5, 5.41) is 2.93. The van der Waals surface area contributed by atoms with Gasteiger partial charge in [-0.05, 0) is 30.2 Å². The molecule has 0 aliphatic heterocycles. The van der Waals surface area contributed by atoms with Crippen LogP contribution in [0.1, 0.15) is 15.9 Å². The smallest absolute Gasteiger partial charge is 0.251 e. The van der Waals surface area contributed by atoms with Gasteiger partial charge in [0.05, 0.1) is 17.4 Å². The lowest BCUT2D eigenvalue weighted by atomic mass is 10.1. The summed E-state index contributed by atoms with van der Waals surface area (Å²) in [4.78, 5) is 19.2. The van der Waals surface area contributed by atoms with Gasteiger partial charge in [-0.3, -0.25) is 4.79 Å². The Morgan fingerprint density at radius 2 is 2.00 bits per heavy atom. The summed E-state index contributed by atoms with van der Waals surface area (Å²) in [6.07, 6.45) is 2.46. The summed E-state index contributed by atoms with van der Waals surface area (Å²) in [5.74, 6) is -0.0579. The molecule has 1 aromatic heterocycles. The molecule has 0 aliphatic carbocycles. The highest BCUT2D eigenvalue weighted by Gasteiger charge is 2.06. The normalized spacial score (nSPS) is 10.6. The zero-order valence-electron chi connectivity index (χ0n) is 11.0. The molecule has 100 valence electrons. The van der Waals surface area contributed by atoms with Gasteiger partial charge >= 0.3 is 0 Å². The first kappa shape index (κ1) is 12.4. The van der Waals surface area contributed by atoms with Crippen LogP contribution in [0, 0.1) is 0 Å². The largest absolute Gasteiger partial charge is 0.352 e.